The van der Waals surface area contributed by atoms with E-state index in [0.717, 1.165) is 29.7 Å². The molecule has 0 saturated carbocycles. The van der Waals surface area contributed by atoms with Gasteiger partial charge in [0.2, 0.25) is 0 Å². The molecule has 0 fully saturated rings. The van der Waals surface area contributed by atoms with Crippen molar-refractivity contribution >= 4 is 0 Å². The maximum absolute atomic E-state index is 13.5. The van der Waals surface area contributed by atoms with Gasteiger partial charge in [-0.3, -0.25) is 0 Å². The Morgan fingerprint density at radius 3 is 2.74 bits per heavy atom. The maximum atomic E-state index is 13.5. The molecule has 0 spiro atoms. The number of rotatable bonds is 3. The summed E-state index contributed by atoms with van der Waals surface area (Å²) >= 11 is 0. The molecule has 0 unspecified atom stereocenters. The van der Waals surface area contributed by atoms with E-state index < -0.39 is 0 Å². The molecular weight excluding hydrogens is 237 g/mol. The third-order valence-electron chi connectivity index (χ3n) is 3.85. The zero-order valence-electron chi connectivity index (χ0n) is 11.2. The van der Waals surface area contributed by atoms with E-state index >= 15 is 0 Å². The fourth-order valence-corrected chi connectivity index (χ4v) is 2.90. The topological polar surface area (TPSA) is 12.0 Å². The zero-order valence-corrected chi connectivity index (χ0v) is 11.2. The summed E-state index contributed by atoms with van der Waals surface area (Å²) in [5.74, 6) is -0.171. The largest absolute Gasteiger partial charge is 0.316 e. The summed E-state index contributed by atoms with van der Waals surface area (Å²) in [6.07, 6.45) is 3.58. The molecule has 1 nitrogen and oxygen atoms in total. The van der Waals surface area contributed by atoms with Gasteiger partial charge in [-0.05, 0) is 66.3 Å². The van der Waals surface area contributed by atoms with E-state index in [1.54, 1.807) is 6.07 Å². The van der Waals surface area contributed by atoms with Gasteiger partial charge in [0, 0.05) is 6.54 Å². The van der Waals surface area contributed by atoms with Crippen molar-refractivity contribution < 1.29 is 4.39 Å². The third kappa shape index (κ3) is 2.41. The van der Waals surface area contributed by atoms with Crippen molar-refractivity contribution in [2.75, 3.05) is 7.05 Å². The second kappa shape index (κ2) is 5.14. The SMILES string of the molecule is CNCc1ccc(F)cc1-c1ccc2c(c1)CCC2. The number of nitrogens with one attached hydrogen (secondary N) is 1. The highest BCUT2D eigenvalue weighted by Gasteiger charge is 2.13. The Bertz CT molecular complexity index is 604. The van der Waals surface area contributed by atoms with Crippen LogP contribution in [-0.4, -0.2) is 7.05 Å². The van der Waals surface area contributed by atoms with Crippen molar-refractivity contribution in [2.24, 2.45) is 0 Å². The average molecular weight is 255 g/mol. The molecule has 2 heteroatoms. The molecule has 0 heterocycles. The van der Waals surface area contributed by atoms with Crippen LogP contribution in [0.1, 0.15) is 23.1 Å². The fourth-order valence-electron chi connectivity index (χ4n) is 2.90. The average Bonchev–Trinajstić information content (AvgIpc) is 2.88. The van der Waals surface area contributed by atoms with Gasteiger partial charge in [0.05, 0.1) is 0 Å². The van der Waals surface area contributed by atoms with Crippen LogP contribution in [-0.2, 0) is 19.4 Å². The number of hydrogen-bond acceptors (Lipinski definition) is 1. The van der Waals surface area contributed by atoms with E-state index in [-0.39, 0.29) is 5.82 Å². The van der Waals surface area contributed by atoms with E-state index in [1.165, 1.54) is 30.0 Å². The molecule has 2 aromatic rings. The van der Waals surface area contributed by atoms with Crippen molar-refractivity contribution in [3.63, 3.8) is 0 Å². The molecule has 0 bridgehead atoms. The molecule has 1 aliphatic rings. The van der Waals surface area contributed by atoms with Crippen LogP contribution in [0.3, 0.4) is 0 Å². The van der Waals surface area contributed by atoms with E-state index in [1.807, 2.05) is 13.1 Å². The Morgan fingerprint density at radius 2 is 1.89 bits per heavy atom. The highest BCUT2D eigenvalue weighted by atomic mass is 19.1. The van der Waals surface area contributed by atoms with Crippen molar-refractivity contribution in [3.05, 3.63) is 58.9 Å². The molecule has 2 aromatic carbocycles. The van der Waals surface area contributed by atoms with Crippen molar-refractivity contribution in [1.82, 2.24) is 5.32 Å². The number of fused-ring (bicyclic) bond motifs is 1. The molecule has 19 heavy (non-hydrogen) atoms. The fraction of sp³-hybridized carbons (Fsp3) is 0.294. The Kier molecular flexibility index (Phi) is 3.34. The monoisotopic (exact) mass is 255 g/mol. The molecule has 1 aliphatic carbocycles. The van der Waals surface area contributed by atoms with Crippen LogP contribution in [0, 0.1) is 5.82 Å². The van der Waals surface area contributed by atoms with Crippen LogP contribution in [0.2, 0.25) is 0 Å². The van der Waals surface area contributed by atoms with Crippen LogP contribution >= 0.6 is 0 Å². The van der Waals surface area contributed by atoms with Gasteiger partial charge >= 0.3 is 0 Å². The second-order valence-corrected chi connectivity index (χ2v) is 5.17. The highest BCUT2D eigenvalue weighted by molar-refractivity contribution is 5.69. The number of aryl methyl sites for hydroxylation is 2. The maximum Gasteiger partial charge on any atom is 0.123 e. The predicted molar refractivity (Wildman–Crippen MR) is 76.6 cm³/mol. The molecule has 0 atom stereocenters. The minimum absolute atomic E-state index is 0.171. The quantitative estimate of drug-likeness (QED) is 0.881. The summed E-state index contributed by atoms with van der Waals surface area (Å²) in [5, 5.41) is 3.14. The second-order valence-electron chi connectivity index (χ2n) is 5.17. The minimum Gasteiger partial charge on any atom is -0.316 e. The zero-order chi connectivity index (χ0) is 13.2. The van der Waals surface area contributed by atoms with Gasteiger partial charge in [0.15, 0.2) is 0 Å². The molecular formula is C17H18FN. The molecule has 98 valence electrons. The van der Waals surface area contributed by atoms with E-state index in [2.05, 4.69) is 23.5 Å². The van der Waals surface area contributed by atoms with Crippen molar-refractivity contribution in [2.45, 2.75) is 25.8 Å². The lowest BCUT2D eigenvalue weighted by molar-refractivity contribution is 0.627. The number of benzene rings is 2. The van der Waals surface area contributed by atoms with Gasteiger partial charge in [0.25, 0.3) is 0 Å². The van der Waals surface area contributed by atoms with E-state index in [9.17, 15) is 4.39 Å². The molecule has 0 radical (unpaired) electrons. The van der Waals surface area contributed by atoms with Crippen molar-refractivity contribution in [3.8, 4) is 11.1 Å². The predicted octanol–water partition coefficient (Wildman–Crippen LogP) is 3.70. The van der Waals surface area contributed by atoms with Crippen LogP contribution in [0.25, 0.3) is 11.1 Å². The van der Waals surface area contributed by atoms with Gasteiger partial charge in [-0.25, -0.2) is 4.39 Å². The molecule has 3 rings (SSSR count). The first kappa shape index (κ1) is 12.4. The molecule has 0 aliphatic heterocycles. The van der Waals surface area contributed by atoms with E-state index in [0.29, 0.717) is 0 Å². The Balaban J connectivity index is 2.07. The van der Waals surface area contributed by atoms with E-state index in [4.69, 9.17) is 0 Å². The third-order valence-corrected chi connectivity index (χ3v) is 3.85. The normalized spacial score (nSPS) is 13.6. The summed E-state index contributed by atoms with van der Waals surface area (Å²) < 4.78 is 13.5. The molecule has 0 aromatic heterocycles. The summed E-state index contributed by atoms with van der Waals surface area (Å²) in [5.41, 5.74) is 6.16. The number of hydrogen-bond donors (Lipinski definition) is 1. The van der Waals surface area contributed by atoms with Gasteiger partial charge < -0.3 is 5.32 Å². The lowest BCUT2D eigenvalue weighted by Crippen LogP contribution is -2.06. The molecule has 0 saturated heterocycles. The molecule has 1 N–H and O–H groups in total. The highest BCUT2D eigenvalue weighted by Crippen LogP contribution is 2.30. The van der Waals surface area contributed by atoms with Crippen LogP contribution in [0.5, 0.6) is 0 Å². The standard InChI is InChI=1S/C17H18FN/c1-19-11-15-7-8-16(18)10-17(15)14-6-5-12-3-2-4-13(12)9-14/h5-10,19H,2-4,11H2,1H3. The summed E-state index contributed by atoms with van der Waals surface area (Å²) in [6, 6.07) is 11.6. The summed E-state index contributed by atoms with van der Waals surface area (Å²) in [4.78, 5) is 0. The first-order chi connectivity index (χ1) is 9.28. The number of halogens is 1. The van der Waals surface area contributed by atoms with Gasteiger partial charge in [-0.15, -0.1) is 0 Å². The Labute approximate surface area is 113 Å². The van der Waals surface area contributed by atoms with Crippen molar-refractivity contribution in [1.29, 1.82) is 0 Å². The summed E-state index contributed by atoms with van der Waals surface area (Å²) in [6.45, 7) is 0.757. The molecule has 0 amide bonds. The lowest BCUT2D eigenvalue weighted by atomic mass is 9.96. The van der Waals surface area contributed by atoms with Gasteiger partial charge in [-0.2, -0.15) is 0 Å². The van der Waals surface area contributed by atoms with Crippen LogP contribution in [0.15, 0.2) is 36.4 Å². The van der Waals surface area contributed by atoms with Gasteiger partial charge in [-0.1, -0.05) is 24.3 Å². The van der Waals surface area contributed by atoms with Gasteiger partial charge in [0.1, 0.15) is 5.82 Å². The lowest BCUT2D eigenvalue weighted by Gasteiger charge is -2.11. The summed E-state index contributed by atoms with van der Waals surface area (Å²) in [7, 11) is 1.91. The van der Waals surface area contributed by atoms with Crippen LogP contribution < -0.4 is 5.32 Å². The minimum atomic E-state index is -0.171. The van der Waals surface area contributed by atoms with Crippen LogP contribution in [0.4, 0.5) is 4.39 Å². The smallest absolute Gasteiger partial charge is 0.123 e. The first-order valence-corrected chi connectivity index (χ1v) is 6.83. The Morgan fingerprint density at radius 1 is 1.05 bits per heavy atom. The first-order valence-electron chi connectivity index (χ1n) is 6.83. The Hall–Kier alpha value is -1.67.